The SMILES string of the molecule is Cc1cc(C)cc(OC(C)(C)C(=O)N2CCCC(C)C2)c1. The molecular weight excluding hydrogens is 262 g/mol. The molecule has 0 N–H and O–H groups in total. The third-order valence-electron chi connectivity index (χ3n) is 4.03. The minimum absolute atomic E-state index is 0.0909. The van der Waals surface area contributed by atoms with Crippen molar-refractivity contribution in [3.63, 3.8) is 0 Å². The van der Waals surface area contributed by atoms with Crippen molar-refractivity contribution in [3.8, 4) is 5.75 Å². The summed E-state index contributed by atoms with van der Waals surface area (Å²) in [5, 5.41) is 0. The highest BCUT2D eigenvalue weighted by Crippen LogP contribution is 2.25. The summed E-state index contributed by atoms with van der Waals surface area (Å²) < 4.78 is 6.02. The Morgan fingerprint density at radius 2 is 1.86 bits per heavy atom. The van der Waals surface area contributed by atoms with Crippen molar-refractivity contribution < 1.29 is 9.53 Å². The maximum atomic E-state index is 12.7. The fourth-order valence-corrected chi connectivity index (χ4v) is 3.08. The van der Waals surface area contributed by atoms with Crippen LogP contribution in [0.5, 0.6) is 5.75 Å². The number of ether oxygens (including phenoxy) is 1. The highest BCUT2D eigenvalue weighted by Gasteiger charge is 2.35. The van der Waals surface area contributed by atoms with E-state index in [2.05, 4.69) is 13.0 Å². The highest BCUT2D eigenvalue weighted by molar-refractivity contribution is 5.85. The molecule has 1 unspecified atom stereocenters. The Morgan fingerprint density at radius 3 is 2.43 bits per heavy atom. The molecule has 0 aromatic heterocycles. The van der Waals surface area contributed by atoms with Crippen LogP contribution in [0.15, 0.2) is 18.2 Å². The van der Waals surface area contributed by atoms with Crippen LogP contribution in [0.1, 0.15) is 44.7 Å². The summed E-state index contributed by atoms with van der Waals surface area (Å²) in [6, 6.07) is 6.08. The molecule has 1 atom stereocenters. The van der Waals surface area contributed by atoms with Gasteiger partial charge in [-0.15, -0.1) is 0 Å². The van der Waals surface area contributed by atoms with E-state index in [-0.39, 0.29) is 5.91 Å². The van der Waals surface area contributed by atoms with E-state index in [0.717, 1.165) is 36.4 Å². The maximum Gasteiger partial charge on any atom is 0.266 e. The summed E-state index contributed by atoms with van der Waals surface area (Å²) >= 11 is 0. The Morgan fingerprint density at radius 1 is 1.24 bits per heavy atom. The lowest BCUT2D eigenvalue weighted by molar-refractivity contribution is -0.147. The van der Waals surface area contributed by atoms with Gasteiger partial charge in [0, 0.05) is 13.1 Å². The van der Waals surface area contributed by atoms with Crippen molar-refractivity contribution >= 4 is 5.91 Å². The third-order valence-corrected chi connectivity index (χ3v) is 4.03. The molecule has 1 saturated heterocycles. The van der Waals surface area contributed by atoms with Gasteiger partial charge < -0.3 is 9.64 Å². The van der Waals surface area contributed by atoms with E-state index in [4.69, 9.17) is 4.74 Å². The number of likely N-dealkylation sites (tertiary alicyclic amines) is 1. The lowest BCUT2D eigenvalue weighted by Gasteiger charge is -2.36. The van der Waals surface area contributed by atoms with Crippen LogP contribution in [-0.2, 0) is 4.79 Å². The van der Waals surface area contributed by atoms with E-state index in [1.807, 2.05) is 44.7 Å². The van der Waals surface area contributed by atoms with Gasteiger partial charge >= 0.3 is 0 Å². The molecule has 3 heteroatoms. The van der Waals surface area contributed by atoms with E-state index >= 15 is 0 Å². The van der Waals surface area contributed by atoms with E-state index in [0.29, 0.717) is 5.92 Å². The van der Waals surface area contributed by atoms with Gasteiger partial charge in [-0.3, -0.25) is 4.79 Å². The summed E-state index contributed by atoms with van der Waals surface area (Å²) in [4.78, 5) is 14.7. The molecule has 1 aliphatic rings. The monoisotopic (exact) mass is 289 g/mol. The van der Waals surface area contributed by atoms with Crippen LogP contribution in [0.4, 0.5) is 0 Å². The van der Waals surface area contributed by atoms with Crippen LogP contribution in [0, 0.1) is 19.8 Å². The van der Waals surface area contributed by atoms with E-state index < -0.39 is 5.60 Å². The molecule has 21 heavy (non-hydrogen) atoms. The number of hydrogen-bond acceptors (Lipinski definition) is 2. The Labute approximate surface area is 128 Å². The van der Waals surface area contributed by atoms with Gasteiger partial charge in [-0.1, -0.05) is 13.0 Å². The molecule has 116 valence electrons. The summed E-state index contributed by atoms with van der Waals surface area (Å²) in [6.45, 7) is 11.7. The molecule has 1 amide bonds. The van der Waals surface area contributed by atoms with Crippen molar-refractivity contribution in [2.45, 2.75) is 53.1 Å². The van der Waals surface area contributed by atoms with Crippen molar-refractivity contribution in [2.24, 2.45) is 5.92 Å². The zero-order chi connectivity index (χ0) is 15.6. The minimum Gasteiger partial charge on any atom is -0.478 e. The van der Waals surface area contributed by atoms with Gasteiger partial charge in [0.2, 0.25) is 0 Å². The van der Waals surface area contributed by atoms with Gasteiger partial charge in [0.25, 0.3) is 5.91 Å². The number of hydrogen-bond donors (Lipinski definition) is 0. The van der Waals surface area contributed by atoms with E-state index in [1.165, 1.54) is 6.42 Å². The molecule has 1 fully saturated rings. The van der Waals surface area contributed by atoms with Crippen LogP contribution in [-0.4, -0.2) is 29.5 Å². The molecule has 0 aliphatic carbocycles. The Hall–Kier alpha value is -1.51. The van der Waals surface area contributed by atoms with Crippen LogP contribution in [0.3, 0.4) is 0 Å². The van der Waals surface area contributed by atoms with Crippen molar-refractivity contribution in [3.05, 3.63) is 29.3 Å². The second-order valence-corrected chi connectivity index (χ2v) is 6.93. The quantitative estimate of drug-likeness (QED) is 0.848. The predicted molar refractivity (Wildman–Crippen MR) is 85.6 cm³/mol. The van der Waals surface area contributed by atoms with Crippen molar-refractivity contribution in [2.75, 3.05) is 13.1 Å². The molecule has 0 radical (unpaired) electrons. The van der Waals surface area contributed by atoms with Gasteiger partial charge in [0.1, 0.15) is 5.75 Å². The molecule has 1 aromatic rings. The van der Waals surface area contributed by atoms with Crippen LogP contribution in [0.2, 0.25) is 0 Å². The molecule has 2 rings (SSSR count). The number of carbonyl (C=O) groups excluding carboxylic acids is 1. The van der Waals surface area contributed by atoms with Crippen LogP contribution >= 0.6 is 0 Å². The lowest BCUT2D eigenvalue weighted by atomic mass is 9.98. The third kappa shape index (κ3) is 3.99. The second-order valence-electron chi connectivity index (χ2n) is 6.93. The maximum absolute atomic E-state index is 12.7. The first-order valence-corrected chi connectivity index (χ1v) is 7.84. The van der Waals surface area contributed by atoms with E-state index in [1.54, 1.807) is 0 Å². The second kappa shape index (κ2) is 6.08. The molecule has 1 heterocycles. The molecule has 0 spiro atoms. The first-order valence-electron chi connectivity index (χ1n) is 7.84. The van der Waals surface area contributed by atoms with Crippen LogP contribution < -0.4 is 4.74 Å². The molecule has 1 aliphatic heterocycles. The molecule has 0 saturated carbocycles. The number of carbonyl (C=O) groups is 1. The Kier molecular flexibility index (Phi) is 4.60. The van der Waals surface area contributed by atoms with Gasteiger partial charge in [-0.25, -0.2) is 0 Å². The number of piperidine rings is 1. The number of benzene rings is 1. The van der Waals surface area contributed by atoms with Gasteiger partial charge in [0.05, 0.1) is 0 Å². The summed E-state index contributed by atoms with van der Waals surface area (Å²) in [7, 11) is 0. The normalized spacial score (nSPS) is 19.5. The van der Waals surface area contributed by atoms with Crippen molar-refractivity contribution in [1.29, 1.82) is 0 Å². The zero-order valence-electron chi connectivity index (χ0n) is 13.9. The van der Waals surface area contributed by atoms with Crippen molar-refractivity contribution in [1.82, 2.24) is 4.90 Å². The summed E-state index contributed by atoms with van der Waals surface area (Å²) in [5.74, 6) is 1.45. The summed E-state index contributed by atoms with van der Waals surface area (Å²) in [6.07, 6.45) is 2.30. The zero-order valence-corrected chi connectivity index (χ0v) is 13.9. The fraction of sp³-hybridized carbons (Fsp3) is 0.611. The molecular formula is C18H27NO2. The smallest absolute Gasteiger partial charge is 0.266 e. The van der Waals surface area contributed by atoms with Gasteiger partial charge in [-0.2, -0.15) is 0 Å². The first-order chi connectivity index (χ1) is 9.78. The summed E-state index contributed by atoms with van der Waals surface area (Å²) in [5.41, 5.74) is 1.48. The highest BCUT2D eigenvalue weighted by atomic mass is 16.5. The first kappa shape index (κ1) is 15.9. The largest absolute Gasteiger partial charge is 0.478 e. The van der Waals surface area contributed by atoms with Crippen LogP contribution in [0.25, 0.3) is 0 Å². The predicted octanol–water partition coefficient (Wildman–Crippen LogP) is 3.72. The minimum atomic E-state index is -0.822. The molecule has 3 nitrogen and oxygen atoms in total. The Balaban J connectivity index is 2.11. The average molecular weight is 289 g/mol. The fourth-order valence-electron chi connectivity index (χ4n) is 3.08. The van der Waals surface area contributed by atoms with E-state index in [9.17, 15) is 4.79 Å². The molecule has 1 aromatic carbocycles. The molecule has 0 bridgehead atoms. The number of amides is 1. The Bertz CT molecular complexity index is 502. The lowest BCUT2D eigenvalue weighted by Crippen LogP contribution is -2.51. The number of aryl methyl sites for hydroxylation is 2. The number of rotatable bonds is 3. The standard InChI is InChI=1S/C18H27NO2/c1-13-7-6-8-19(12-13)17(20)18(4,5)21-16-10-14(2)9-15(3)11-16/h9-11,13H,6-8,12H2,1-5H3. The average Bonchev–Trinajstić information content (AvgIpc) is 2.35. The topological polar surface area (TPSA) is 29.5 Å². The number of nitrogens with zero attached hydrogens (tertiary/aromatic N) is 1. The van der Waals surface area contributed by atoms with Gasteiger partial charge in [-0.05, 0) is 69.7 Å². The van der Waals surface area contributed by atoms with Gasteiger partial charge in [0.15, 0.2) is 5.60 Å².